The Morgan fingerprint density at radius 3 is 2.56 bits per heavy atom. The quantitative estimate of drug-likeness (QED) is 0.898. The Morgan fingerprint density at radius 1 is 1.44 bits per heavy atom. The molecular formula is C12H15BrClNO2S. The fourth-order valence-corrected chi connectivity index (χ4v) is 4.73. The van der Waals surface area contributed by atoms with Gasteiger partial charge in [0.15, 0.2) is 0 Å². The van der Waals surface area contributed by atoms with Crippen LogP contribution in [0.1, 0.15) is 32.6 Å². The average molecular weight is 353 g/mol. The molecule has 1 aliphatic rings. The highest BCUT2D eigenvalue weighted by molar-refractivity contribution is 9.10. The van der Waals surface area contributed by atoms with Crippen molar-refractivity contribution in [2.24, 2.45) is 0 Å². The van der Waals surface area contributed by atoms with E-state index in [1.807, 2.05) is 6.92 Å². The number of benzene rings is 1. The molecule has 2 rings (SSSR count). The number of halogens is 2. The van der Waals surface area contributed by atoms with E-state index in [1.165, 1.54) is 6.07 Å². The predicted molar refractivity (Wildman–Crippen MR) is 76.3 cm³/mol. The molecule has 1 aromatic rings. The minimum atomic E-state index is -3.54. The largest absolute Gasteiger partial charge is 0.242 e. The van der Waals surface area contributed by atoms with Crippen LogP contribution in [-0.2, 0) is 10.0 Å². The molecule has 0 aliphatic heterocycles. The zero-order valence-electron chi connectivity index (χ0n) is 10.0. The van der Waals surface area contributed by atoms with Crippen LogP contribution in [0.15, 0.2) is 27.6 Å². The summed E-state index contributed by atoms with van der Waals surface area (Å²) < 4.78 is 28.2. The van der Waals surface area contributed by atoms with Gasteiger partial charge in [0.25, 0.3) is 0 Å². The standard InChI is InChI=1S/C12H15BrClNO2S/c1-2-12(6-3-7-12)15-18(16,17)11-5-4-9(13)8-10(11)14/h4-5,8,15H,2-3,6-7H2,1H3. The predicted octanol–water partition coefficient (Wildman–Crippen LogP) is 3.71. The van der Waals surface area contributed by atoms with Gasteiger partial charge in [0.05, 0.1) is 5.02 Å². The summed E-state index contributed by atoms with van der Waals surface area (Å²) in [7, 11) is -3.54. The van der Waals surface area contributed by atoms with Gasteiger partial charge in [-0.05, 0) is 43.9 Å². The molecule has 0 heterocycles. The first kappa shape index (κ1) is 14.3. The van der Waals surface area contributed by atoms with E-state index in [2.05, 4.69) is 20.7 Å². The smallest absolute Gasteiger partial charge is 0.207 e. The SMILES string of the molecule is CCC1(NS(=O)(=O)c2ccc(Br)cc2Cl)CCC1. The Bertz CT molecular complexity index is 550. The lowest BCUT2D eigenvalue weighted by Crippen LogP contribution is -2.52. The van der Waals surface area contributed by atoms with E-state index in [4.69, 9.17) is 11.6 Å². The van der Waals surface area contributed by atoms with Crippen LogP contribution in [0, 0.1) is 0 Å². The summed E-state index contributed by atoms with van der Waals surface area (Å²) in [5.74, 6) is 0. The number of rotatable bonds is 4. The van der Waals surface area contributed by atoms with E-state index in [1.54, 1.807) is 12.1 Å². The number of hydrogen-bond donors (Lipinski definition) is 1. The molecule has 1 fully saturated rings. The molecular weight excluding hydrogens is 338 g/mol. The zero-order valence-corrected chi connectivity index (χ0v) is 13.2. The molecule has 0 saturated heterocycles. The number of hydrogen-bond acceptors (Lipinski definition) is 2. The van der Waals surface area contributed by atoms with E-state index in [0.717, 1.165) is 30.2 Å². The Kier molecular flexibility index (Phi) is 4.07. The van der Waals surface area contributed by atoms with E-state index in [-0.39, 0.29) is 15.5 Å². The third-order valence-corrected chi connectivity index (χ3v) is 6.08. The highest BCUT2D eigenvalue weighted by atomic mass is 79.9. The van der Waals surface area contributed by atoms with Crippen LogP contribution in [0.4, 0.5) is 0 Å². The molecule has 1 aromatic carbocycles. The normalized spacial score (nSPS) is 18.4. The molecule has 18 heavy (non-hydrogen) atoms. The summed E-state index contributed by atoms with van der Waals surface area (Å²) in [6, 6.07) is 4.80. The number of sulfonamides is 1. The topological polar surface area (TPSA) is 46.2 Å². The summed E-state index contributed by atoms with van der Waals surface area (Å²) in [4.78, 5) is 0.145. The van der Waals surface area contributed by atoms with Crippen molar-refractivity contribution in [2.45, 2.75) is 43.0 Å². The van der Waals surface area contributed by atoms with Gasteiger partial charge < -0.3 is 0 Å². The highest BCUT2D eigenvalue weighted by Gasteiger charge is 2.39. The lowest BCUT2D eigenvalue weighted by Gasteiger charge is -2.41. The second kappa shape index (κ2) is 5.12. The van der Waals surface area contributed by atoms with E-state index in [0.29, 0.717) is 0 Å². The molecule has 100 valence electrons. The summed E-state index contributed by atoms with van der Waals surface area (Å²) in [5.41, 5.74) is -0.269. The van der Waals surface area contributed by atoms with E-state index < -0.39 is 10.0 Å². The van der Waals surface area contributed by atoms with Crippen molar-refractivity contribution in [1.82, 2.24) is 4.72 Å². The van der Waals surface area contributed by atoms with Gasteiger partial charge in [-0.2, -0.15) is 0 Å². The van der Waals surface area contributed by atoms with Crippen molar-refractivity contribution in [3.8, 4) is 0 Å². The van der Waals surface area contributed by atoms with Crippen LogP contribution in [0.25, 0.3) is 0 Å². The molecule has 0 radical (unpaired) electrons. The van der Waals surface area contributed by atoms with Crippen LogP contribution in [-0.4, -0.2) is 14.0 Å². The molecule has 0 unspecified atom stereocenters. The molecule has 0 bridgehead atoms. The molecule has 6 heteroatoms. The lowest BCUT2D eigenvalue weighted by molar-refractivity contribution is 0.214. The number of nitrogens with one attached hydrogen (secondary N) is 1. The van der Waals surface area contributed by atoms with Crippen molar-refractivity contribution in [3.63, 3.8) is 0 Å². The Labute approximate surface area is 121 Å². The van der Waals surface area contributed by atoms with Crippen LogP contribution < -0.4 is 4.72 Å². The Hall–Kier alpha value is -0.100. The Morgan fingerprint density at radius 2 is 2.11 bits per heavy atom. The fourth-order valence-electron chi connectivity index (χ4n) is 2.16. The Balaban J connectivity index is 2.31. The summed E-state index contributed by atoms with van der Waals surface area (Å²) in [5, 5.41) is 0.238. The molecule has 0 atom stereocenters. The van der Waals surface area contributed by atoms with Gasteiger partial charge in [0.1, 0.15) is 4.90 Å². The first-order valence-electron chi connectivity index (χ1n) is 5.88. The van der Waals surface area contributed by atoms with Crippen molar-refractivity contribution >= 4 is 37.6 Å². The first-order valence-corrected chi connectivity index (χ1v) is 8.53. The molecule has 0 amide bonds. The van der Waals surface area contributed by atoms with E-state index in [9.17, 15) is 8.42 Å². The van der Waals surface area contributed by atoms with Crippen LogP contribution in [0.3, 0.4) is 0 Å². The van der Waals surface area contributed by atoms with Gasteiger partial charge >= 0.3 is 0 Å². The van der Waals surface area contributed by atoms with Crippen LogP contribution >= 0.6 is 27.5 Å². The molecule has 0 aromatic heterocycles. The minimum absolute atomic E-state index is 0.145. The zero-order chi connectivity index (χ0) is 13.4. The van der Waals surface area contributed by atoms with Crippen molar-refractivity contribution in [3.05, 3.63) is 27.7 Å². The molecule has 1 N–H and O–H groups in total. The van der Waals surface area contributed by atoms with Crippen molar-refractivity contribution in [1.29, 1.82) is 0 Å². The minimum Gasteiger partial charge on any atom is -0.207 e. The van der Waals surface area contributed by atoms with E-state index >= 15 is 0 Å². The van der Waals surface area contributed by atoms with Gasteiger partial charge in [0.2, 0.25) is 10.0 Å². The monoisotopic (exact) mass is 351 g/mol. The summed E-state index contributed by atoms with van der Waals surface area (Å²) in [6.07, 6.45) is 3.68. The lowest BCUT2D eigenvalue weighted by atomic mass is 9.76. The molecule has 1 saturated carbocycles. The maximum Gasteiger partial charge on any atom is 0.242 e. The molecule has 0 spiro atoms. The average Bonchev–Trinajstić information content (AvgIpc) is 2.23. The highest BCUT2D eigenvalue weighted by Crippen LogP contribution is 2.37. The van der Waals surface area contributed by atoms with Gasteiger partial charge in [-0.1, -0.05) is 34.5 Å². The molecule has 1 aliphatic carbocycles. The third kappa shape index (κ3) is 2.74. The van der Waals surface area contributed by atoms with Gasteiger partial charge in [-0.25, -0.2) is 13.1 Å². The van der Waals surface area contributed by atoms with Crippen molar-refractivity contribution in [2.75, 3.05) is 0 Å². The summed E-state index contributed by atoms with van der Waals surface area (Å²) in [6.45, 7) is 2.00. The maximum atomic E-state index is 12.3. The van der Waals surface area contributed by atoms with Crippen molar-refractivity contribution < 1.29 is 8.42 Å². The van der Waals surface area contributed by atoms with Crippen LogP contribution in [0.2, 0.25) is 5.02 Å². The summed E-state index contributed by atoms with van der Waals surface area (Å²) >= 11 is 9.26. The van der Waals surface area contributed by atoms with Gasteiger partial charge in [-0.15, -0.1) is 0 Å². The second-order valence-corrected chi connectivity index (χ2v) is 7.64. The first-order chi connectivity index (χ1) is 8.38. The molecule has 3 nitrogen and oxygen atoms in total. The van der Waals surface area contributed by atoms with Crippen LogP contribution in [0.5, 0.6) is 0 Å². The second-order valence-electron chi connectivity index (χ2n) is 4.67. The maximum absolute atomic E-state index is 12.3. The third-order valence-electron chi connectivity index (χ3n) is 3.52. The fraction of sp³-hybridized carbons (Fsp3) is 0.500. The van der Waals surface area contributed by atoms with Gasteiger partial charge in [0, 0.05) is 10.0 Å². The van der Waals surface area contributed by atoms with Gasteiger partial charge in [-0.3, -0.25) is 0 Å².